The van der Waals surface area contributed by atoms with E-state index in [1.165, 1.54) is 0 Å². The smallest absolute Gasteiger partial charge is 0.326 e. The van der Waals surface area contributed by atoms with Crippen molar-refractivity contribution >= 4 is 35.6 Å². The Labute approximate surface area is 166 Å². The molecule has 13 nitrogen and oxygen atoms in total. The minimum Gasteiger partial charge on any atom is -0.481 e. The van der Waals surface area contributed by atoms with Gasteiger partial charge in [0.05, 0.1) is 25.4 Å². The van der Waals surface area contributed by atoms with Crippen LogP contribution in [0.25, 0.3) is 0 Å². The highest BCUT2D eigenvalue weighted by Crippen LogP contribution is 2.06. The predicted molar refractivity (Wildman–Crippen MR) is 96.4 cm³/mol. The lowest BCUT2D eigenvalue weighted by Gasteiger charge is -2.22. The van der Waals surface area contributed by atoms with E-state index in [4.69, 9.17) is 21.1 Å². The number of carboxylic acids is 3. The molecule has 0 radical (unpaired) electrons. The van der Waals surface area contributed by atoms with Crippen LogP contribution >= 0.6 is 0 Å². The Morgan fingerprint density at radius 1 is 0.828 bits per heavy atom. The molecule has 0 aliphatic heterocycles. The molecular weight excluding hydrogens is 392 g/mol. The van der Waals surface area contributed by atoms with Gasteiger partial charge in [-0.25, -0.2) is 4.79 Å². The van der Waals surface area contributed by atoms with Gasteiger partial charge < -0.3 is 37.0 Å². The summed E-state index contributed by atoms with van der Waals surface area (Å²) < 4.78 is 0. The Morgan fingerprint density at radius 3 is 1.83 bits per heavy atom. The quantitative estimate of drug-likeness (QED) is 0.166. The summed E-state index contributed by atoms with van der Waals surface area (Å²) >= 11 is 0. The van der Waals surface area contributed by atoms with Gasteiger partial charge in [0.1, 0.15) is 12.1 Å². The molecule has 0 heterocycles. The Morgan fingerprint density at radius 2 is 1.38 bits per heavy atom. The van der Waals surface area contributed by atoms with Crippen LogP contribution in [-0.4, -0.2) is 75.6 Å². The van der Waals surface area contributed by atoms with E-state index >= 15 is 0 Å². The zero-order chi connectivity index (χ0) is 22.7. The van der Waals surface area contributed by atoms with Crippen molar-refractivity contribution < 1.29 is 44.1 Å². The standard InChI is InChI=1S/C16H26N4O9/c1-7(2)3-9(20-14(26)8(17)4-12(22)23)15(27)18-6-11(21)19-10(16(28)29)5-13(24)25/h7-10H,3-6,17H2,1-2H3,(H,18,27)(H,19,21)(H,20,26)(H,22,23)(H,24,25)(H,28,29). The fourth-order valence-electron chi connectivity index (χ4n) is 2.17. The van der Waals surface area contributed by atoms with Crippen LogP contribution in [0.5, 0.6) is 0 Å². The third-order valence-corrected chi connectivity index (χ3v) is 3.51. The van der Waals surface area contributed by atoms with E-state index in [9.17, 15) is 28.8 Å². The maximum absolute atomic E-state index is 12.3. The molecule has 0 aliphatic carbocycles. The molecule has 3 amide bonds. The van der Waals surface area contributed by atoms with Crippen molar-refractivity contribution in [2.24, 2.45) is 11.7 Å². The van der Waals surface area contributed by atoms with E-state index in [2.05, 4.69) is 10.6 Å². The highest BCUT2D eigenvalue weighted by atomic mass is 16.4. The van der Waals surface area contributed by atoms with Crippen molar-refractivity contribution in [1.82, 2.24) is 16.0 Å². The molecule has 0 saturated carbocycles. The highest BCUT2D eigenvalue weighted by Gasteiger charge is 2.27. The first-order chi connectivity index (χ1) is 13.3. The van der Waals surface area contributed by atoms with Crippen LogP contribution in [-0.2, 0) is 28.8 Å². The lowest BCUT2D eigenvalue weighted by atomic mass is 10.0. The van der Waals surface area contributed by atoms with E-state index < -0.39 is 73.1 Å². The first kappa shape index (κ1) is 25.8. The highest BCUT2D eigenvalue weighted by molar-refractivity contribution is 5.93. The van der Waals surface area contributed by atoms with Crippen LogP contribution in [0.1, 0.15) is 33.1 Å². The van der Waals surface area contributed by atoms with Crippen molar-refractivity contribution in [1.29, 1.82) is 0 Å². The van der Waals surface area contributed by atoms with Crippen molar-refractivity contribution in [3.8, 4) is 0 Å². The zero-order valence-electron chi connectivity index (χ0n) is 16.0. The van der Waals surface area contributed by atoms with Crippen LogP contribution in [0.2, 0.25) is 0 Å². The van der Waals surface area contributed by atoms with E-state index in [1.807, 2.05) is 5.32 Å². The van der Waals surface area contributed by atoms with Gasteiger partial charge in [-0.2, -0.15) is 0 Å². The second kappa shape index (κ2) is 12.3. The molecule has 0 bridgehead atoms. The number of hydrogen-bond acceptors (Lipinski definition) is 7. The maximum Gasteiger partial charge on any atom is 0.326 e. The normalized spacial score (nSPS) is 13.7. The molecule has 29 heavy (non-hydrogen) atoms. The number of carbonyl (C=O) groups is 6. The van der Waals surface area contributed by atoms with E-state index in [1.54, 1.807) is 13.8 Å². The molecule has 0 aromatic heterocycles. The van der Waals surface area contributed by atoms with Crippen molar-refractivity contribution in [2.75, 3.05) is 6.54 Å². The Balaban J connectivity index is 4.87. The van der Waals surface area contributed by atoms with Gasteiger partial charge in [0.15, 0.2) is 0 Å². The lowest BCUT2D eigenvalue weighted by molar-refractivity contribution is -0.147. The minimum absolute atomic E-state index is 0.0532. The lowest BCUT2D eigenvalue weighted by Crippen LogP contribution is -2.54. The summed E-state index contributed by atoms with van der Waals surface area (Å²) in [6.45, 7) is 2.87. The topological polar surface area (TPSA) is 225 Å². The molecule has 0 spiro atoms. The molecule has 0 aromatic carbocycles. The number of nitrogens with two attached hydrogens (primary N) is 1. The predicted octanol–water partition coefficient (Wildman–Crippen LogP) is -2.52. The Bertz CT molecular complexity index is 650. The van der Waals surface area contributed by atoms with Gasteiger partial charge in [0, 0.05) is 0 Å². The van der Waals surface area contributed by atoms with Gasteiger partial charge in [-0.3, -0.25) is 24.0 Å². The fraction of sp³-hybridized carbons (Fsp3) is 0.625. The van der Waals surface area contributed by atoms with Crippen LogP contribution in [0.15, 0.2) is 0 Å². The average Bonchev–Trinajstić information content (AvgIpc) is 2.56. The van der Waals surface area contributed by atoms with Crippen LogP contribution in [0.4, 0.5) is 0 Å². The maximum atomic E-state index is 12.3. The van der Waals surface area contributed by atoms with E-state index in [-0.39, 0.29) is 12.3 Å². The summed E-state index contributed by atoms with van der Waals surface area (Å²) in [5.41, 5.74) is 5.45. The molecule has 0 fully saturated rings. The second-order valence-corrected chi connectivity index (χ2v) is 6.67. The molecule has 8 N–H and O–H groups in total. The zero-order valence-corrected chi connectivity index (χ0v) is 16.0. The fourth-order valence-corrected chi connectivity index (χ4v) is 2.17. The summed E-state index contributed by atoms with van der Waals surface area (Å²) in [4.78, 5) is 68.2. The molecule has 3 unspecified atom stereocenters. The van der Waals surface area contributed by atoms with Gasteiger partial charge in [0.25, 0.3) is 0 Å². The molecule has 0 aromatic rings. The molecule has 0 saturated heterocycles. The first-order valence-corrected chi connectivity index (χ1v) is 8.62. The van der Waals surface area contributed by atoms with Crippen molar-refractivity contribution in [2.45, 2.75) is 51.2 Å². The Kier molecular flexibility index (Phi) is 10.9. The SMILES string of the molecule is CC(C)CC(NC(=O)C(N)CC(=O)O)C(=O)NCC(=O)NC(CC(=O)O)C(=O)O. The number of carboxylic acid groups (broad SMARTS) is 3. The first-order valence-electron chi connectivity index (χ1n) is 8.62. The van der Waals surface area contributed by atoms with Crippen LogP contribution < -0.4 is 21.7 Å². The number of carbonyl (C=O) groups excluding carboxylic acids is 3. The number of hydrogen-bond donors (Lipinski definition) is 7. The summed E-state index contributed by atoms with van der Waals surface area (Å²) in [7, 11) is 0. The van der Waals surface area contributed by atoms with Crippen LogP contribution in [0.3, 0.4) is 0 Å². The number of rotatable bonds is 13. The number of amides is 3. The van der Waals surface area contributed by atoms with Gasteiger partial charge >= 0.3 is 17.9 Å². The largest absolute Gasteiger partial charge is 0.481 e. The molecule has 0 rings (SSSR count). The molecular formula is C16H26N4O9. The third-order valence-electron chi connectivity index (χ3n) is 3.51. The van der Waals surface area contributed by atoms with E-state index in [0.29, 0.717) is 0 Å². The molecule has 164 valence electrons. The van der Waals surface area contributed by atoms with Gasteiger partial charge in [-0.15, -0.1) is 0 Å². The number of nitrogens with one attached hydrogen (secondary N) is 3. The van der Waals surface area contributed by atoms with Gasteiger partial charge in [0.2, 0.25) is 17.7 Å². The van der Waals surface area contributed by atoms with Crippen molar-refractivity contribution in [3.63, 3.8) is 0 Å². The molecule has 0 aliphatic rings. The third kappa shape index (κ3) is 11.3. The van der Waals surface area contributed by atoms with Crippen LogP contribution in [0, 0.1) is 5.92 Å². The average molecular weight is 418 g/mol. The van der Waals surface area contributed by atoms with Gasteiger partial charge in [-0.1, -0.05) is 13.8 Å². The van der Waals surface area contributed by atoms with Crippen molar-refractivity contribution in [3.05, 3.63) is 0 Å². The monoisotopic (exact) mass is 418 g/mol. The molecule has 13 heteroatoms. The summed E-state index contributed by atoms with van der Waals surface area (Å²) in [6, 6.07) is -4.15. The number of aliphatic carboxylic acids is 3. The summed E-state index contributed by atoms with van der Waals surface area (Å²) in [6.07, 6.45) is -1.32. The minimum atomic E-state index is -1.67. The van der Waals surface area contributed by atoms with Gasteiger partial charge in [-0.05, 0) is 12.3 Å². The Hall–Kier alpha value is -3.22. The molecule has 3 atom stereocenters. The second-order valence-electron chi connectivity index (χ2n) is 6.67. The summed E-state index contributed by atoms with van der Waals surface area (Å²) in [5, 5.41) is 32.7. The summed E-state index contributed by atoms with van der Waals surface area (Å²) in [5.74, 6) is -6.89. The van der Waals surface area contributed by atoms with E-state index in [0.717, 1.165) is 0 Å².